The molecule has 0 N–H and O–H groups in total. The Hall–Kier alpha value is -0.330. The van der Waals surface area contributed by atoms with Crippen molar-refractivity contribution in [3.8, 4) is 0 Å². The third-order valence-corrected chi connectivity index (χ3v) is 3.92. The molecule has 0 atom stereocenters. The quantitative estimate of drug-likeness (QED) is 0.606. The summed E-state index contributed by atoms with van der Waals surface area (Å²) in [6.07, 6.45) is 13.2. The van der Waals surface area contributed by atoms with Crippen LogP contribution in [0.5, 0.6) is 0 Å². The molecular weight excluding hydrogens is 160 g/mol. The van der Waals surface area contributed by atoms with Gasteiger partial charge in [-0.1, -0.05) is 32.1 Å². The molecule has 0 unspecified atom stereocenters. The summed E-state index contributed by atoms with van der Waals surface area (Å²) in [6.45, 7) is 0. The van der Waals surface area contributed by atoms with Crippen molar-refractivity contribution in [3.05, 3.63) is 0 Å². The zero-order chi connectivity index (χ0) is 9.15. The second-order valence-corrected chi connectivity index (χ2v) is 5.02. The Morgan fingerprint density at radius 1 is 1.15 bits per heavy atom. The van der Waals surface area contributed by atoms with Crippen LogP contribution in [0.2, 0.25) is 0 Å². The predicted octanol–water partition coefficient (Wildman–Crippen LogP) is 3.33. The molecule has 2 saturated carbocycles. The molecule has 0 saturated heterocycles. The van der Waals surface area contributed by atoms with E-state index in [9.17, 15) is 4.79 Å². The van der Waals surface area contributed by atoms with E-state index in [1.54, 1.807) is 0 Å². The number of rotatable bonds is 4. The lowest BCUT2D eigenvalue weighted by molar-refractivity contribution is -0.112. The first-order chi connectivity index (χ1) is 6.35. The third-order valence-electron chi connectivity index (χ3n) is 3.92. The van der Waals surface area contributed by atoms with Crippen LogP contribution in [0.1, 0.15) is 57.8 Å². The maximum Gasteiger partial charge on any atom is 0.126 e. The molecule has 2 aliphatic rings. The van der Waals surface area contributed by atoms with Gasteiger partial charge in [0.25, 0.3) is 0 Å². The molecule has 2 rings (SSSR count). The molecule has 13 heavy (non-hydrogen) atoms. The van der Waals surface area contributed by atoms with Gasteiger partial charge in [-0.25, -0.2) is 0 Å². The molecule has 0 aromatic heterocycles. The first-order valence-electron chi connectivity index (χ1n) is 5.81. The fraction of sp³-hybridized carbons (Fsp3) is 0.917. The van der Waals surface area contributed by atoms with Crippen molar-refractivity contribution in [2.24, 2.45) is 11.3 Å². The van der Waals surface area contributed by atoms with Gasteiger partial charge in [0.2, 0.25) is 0 Å². The second-order valence-electron chi connectivity index (χ2n) is 5.02. The highest BCUT2D eigenvalue weighted by Crippen LogP contribution is 2.48. The van der Waals surface area contributed by atoms with E-state index in [1.807, 2.05) is 0 Å². The molecule has 1 nitrogen and oxygen atoms in total. The molecule has 1 heteroatoms. The minimum absolute atomic E-state index is 0.164. The Labute approximate surface area is 80.9 Å². The van der Waals surface area contributed by atoms with Gasteiger partial charge < -0.3 is 4.79 Å². The first-order valence-corrected chi connectivity index (χ1v) is 5.81. The fourth-order valence-electron chi connectivity index (χ4n) is 2.55. The number of carbonyl (C=O) groups is 1. The molecule has 0 amide bonds. The van der Waals surface area contributed by atoms with E-state index in [-0.39, 0.29) is 5.41 Å². The van der Waals surface area contributed by atoms with Crippen LogP contribution in [0.4, 0.5) is 0 Å². The summed E-state index contributed by atoms with van der Waals surface area (Å²) < 4.78 is 0. The van der Waals surface area contributed by atoms with Crippen LogP contribution < -0.4 is 0 Å². The van der Waals surface area contributed by atoms with Crippen molar-refractivity contribution in [2.45, 2.75) is 57.8 Å². The first kappa shape index (κ1) is 9.23. The molecule has 0 bridgehead atoms. The smallest absolute Gasteiger partial charge is 0.126 e. The van der Waals surface area contributed by atoms with Gasteiger partial charge in [-0.2, -0.15) is 0 Å². The lowest BCUT2D eigenvalue weighted by Gasteiger charge is -2.22. The van der Waals surface area contributed by atoms with Crippen molar-refractivity contribution in [3.63, 3.8) is 0 Å². The molecule has 0 aromatic carbocycles. The van der Waals surface area contributed by atoms with Gasteiger partial charge in [0.05, 0.1) is 0 Å². The van der Waals surface area contributed by atoms with Crippen LogP contribution in [0, 0.1) is 11.3 Å². The van der Waals surface area contributed by atoms with Crippen LogP contribution in [-0.2, 0) is 4.79 Å². The summed E-state index contributed by atoms with van der Waals surface area (Å²) in [5, 5.41) is 0. The number of hydrogen-bond acceptors (Lipinski definition) is 1. The molecule has 0 radical (unpaired) electrons. The lowest BCUT2D eigenvalue weighted by Crippen LogP contribution is -2.10. The van der Waals surface area contributed by atoms with Gasteiger partial charge in [0, 0.05) is 5.41 Å². The van der Waals surface area contributed by atoms with E-state index in [4.69, 9.17) is 0 Å². The fourth-order valence-corrected chi connectivity index (χ4v) is 2.55. The average Bonchev–Trinajstić information content (AvgIpc) is 2.97. The Bertz CT molecular complexity index is 176. The van der Waals surface area contributed by atoms with Gasteiger partial charge in [-0.3, -0.25) is 0 Å². The molecule has 2 aliphatic carbocycles. The van der Waals surface area contributed by atoms with E-state index in [2.05, 4.69) is 0 Å². The van der Waals surface area contributed by atoms with E-state index >= 15 is 0 Å². The summed E-state index contributed by atoms with van der Waals surface area (Å²) >= 11 is 0. The van der Waals surface area contributed by atoms with Crippen LogP contribution in [0.25, 0.3) is 0 Å². The summed E-state index contributed by atoms with van der Waals surface area (Å²) in [5.41, 5.74) is 0.164. The average molecular weight is 180 g/mol. The SMILES string of the molecule is O=CC1(CCC2CCCCC2)CC1. The van der Waals surface area contributed by atoms with Crippen LogP contribution in [0.15, 0.2) is 0 Å². The van der Waals surface area contributed by atoms with Crippen molar-refractivity contribution in [2.75, 3.05) is 0 Å². The highest BCUT2D eigenvalue weighted by molar-refractivity contribution is 5.63. The van der Waals surface area contributed by atoms with E-state index in [1.165, 1.54) is 64.1 Å². The Morgan fingerprint density at radius 3 is 2.38 bits per heavy atom. The highest BCUT2D eigenvalue weighted by Gasteiger charge is 2.42. The van der Waals surface area contributed by atoms with E-state index in [0.29, 0.717) is 0 Å². The van der Waals surface area contributed by atoms with Crippen molar-refractivity contribution in [1.82, 2.24) is 0 Å². The Morgan fingerprint density at radius 2 is 1.85 bits per heavy atom. The van der Waals surface area contributed by atoms with Crippen molar-refractivity contribution < 1.29 is 4.79 Å². The van der Waals surface area contributed by atoms with Gasteiger partial charge in [-0.15, -0.1) is 0 Å². The maximum absolute atomic E-state index is 10.8. The number of aldehydes is 1. The van der Waals surface area contributed by atoms with E-state index in [0.717, 1.165) is 5.92 Å². The molecule has 2 fully saturated rings. The summed E-state index contributed by atoms with van der Waals surface area (Å²) in [5.74, 6) is 0.950. The van der Waals surface area contributed by atoms with Crippen LogP contribution >= 0.6 is 0 Å². The van der Waals surface area contributed by atoms with E-state index < -0.39 is 0 Å². The summed E-state index contributed by atoms with van der Waals surface area (Å²) in [7, 11) is 0. The number of hydrogen-bond donors (Lipinski definition) is 0. The Balaban J connectivity index is 1.69. The van der Waals surface area contributed by atoms with Crippen LogP contribution in [0.3, 0.4) is 0 Å². The monoisotopic (exact) mass is 180 g/mol. The molecule has 0 heterocycles. The molecule has 74 valence electrons. The Kier molecular flexibility index (Phi) is 2.71. The molecule has 0 aliphatic heterocycles. The lowest BCUT2D eigenvalue weighted by atomic mass is 9.84. The largest absolute Gasteiger partial charge is 0.303 e. The minimum atomic E-state index is 0.164. The molecule has 0 spiro atoms. The standard InChI is InChI=1S/C12H20O/c13-10-12(8-9-12)7-6-11-4-2-1-3-5-11/h10-11H,1-9H2. The minimum Gasteiger partial charge on any atom is -0.303 e. The zero-order valence-corrected chi connectivity index (χ0v) is 8.43. The van der Waals surface area contributed by atoms with Crippen LogP contribution in [-0.4, -0.2) is 6.29 Å². The summed E-state index contributed by atoms with van der Waals surface area (Å²) in [4.78, 5) is 10.8. The topological polar surface area (TPSA) is 17.1 Å². The van der Waals surface area contributed by atoms with Crippen molar-refractivity contribution in [1.29, 1.82) is 0 Å². The normalized spacial score (nSPS) is 27.1. The highest BCUT2D eigenvalue weighted by atomic mass is 16.1. The van der Waals surface area contributed by atoms with Gasteiger partial charge in [0.15, 0.2) is 0 Å². The third kappa shape index (κ3) is 2.32. The zero-order valence-electron chi connectivity index (χ0n) is 8.43. The number of carbonyl (C=O) groups excluding carboxylic acids is 1. The summed E-state index contributed by atoms with van der Waals surface area (Å²) in [6, 6.07) is 0. The van der Waals surface area contributed by atoms with Gasteiger partial charge in [0.1, 0.15) is 6.29 Å². The maximum atomic E-state index is 10.8. The van der Waals surface area contributed by atoms with Crippen molar-refractivity contribution >= 4 is 6.29 Å². The predicted molar refractivity (Wildman–Crippen MR) is 53.5 cm³/mol. The van der Waals surface area contributed by atoms with Gasteiger partial charge in [-0.05, 0) is 31.6 Å². The van der Waals surface area contributed by atoms with Gasteiger partial charge >= 0.3 is 0 Å². The molecular formula is C12H20O. The second kappa shape index (κ2) is 3.81. The molecule has 0 aromatic rings.